The molecule has 0 bridgehead atoms. The Kier molecular flexibility index (Phi) is 7.34. The minimum absolute atomic E-state index is 0.0778. The molecule has 1 amide bonds. The fraction of sp³-hybridized carbons (Fsp3) is 0.263. The van der Waals surface area contributed by atoms with Crippen molar-refractivity contribution in [3.05, 3.63) is 64.2 Å². The summed E-state index contributed by atoms with van der Waals surface area (Å²) in [4.78, 5) is 23.8. The van der Waals surface area contributed by atoms with Gasteiger partial charge in [0, 0.05) is 16.5 Å². The first-order valence-corrected chi connectivity index (χ1v) is 9.42. The van der Waals surface area contributed by atoms with Crippen molar-refractivity contribution in [1.29, 1.82) is 0 Å². The van der Waals surface area contributed by atoms with Gasteiger partial charge in [-0.15, -0.1) is 11.8 Å². The molecule has 0 saturated carbocycles. The lowest BCUT2D eigenvalue weighted by Crippen LogP contribution is -2.15. The van der Waals surface area contributed by atoms with Crippen LogP contribution in [0.4, 0.5) is 5.69 Å². The van der Waals surface area contributed by atoms with Gasteiger partial charge in [-0.3, -0.25) is 4.79 Å². The van der Waals surface area contributed by atoms with Gasteiger partial charge in [-0.2, -0.15) is 0 Å². The molecular weight excluding hydrogens is 358 g/mol. The van der Waals surface area contributed by atoms with E-state index in [1.165, 1.54) is 11.8 Å². The van der Waals surface area contributed by atoms with Crippen molar-refractivity contribution in [3.63, 3.8) is 0 Å². The number of hydrogen-bond acceptors (Lipinski definition) is 4. The average molecular weight is 378 g/mol. The molecule has 132 valence electrons. The molecule has 1 N–H and O–H groups in total. The van der Waals surface area contributed by atoms with Crippen molar-refractivity contribution in [2.75, 3.05) is 17.7 Å². The summed E-state index contributed by atoms with van der Waals surface area (Å²) in [6.45, 7) is 3.95. The molecule has 2 aromatic carbocycles. The quantitative estimate of drug-likeness (QED) is 0.711. The minimum Gasteiger partial charge on any atom is -0.462 e. The lowest BCUT2D eigenvalue weighted by molar-refractivity contribution is -0.113. The fourth-order valence-electron chi connectivity index (χ4n) is 2.17. The van der Waals surface area contributed by atoms with E-state index >= 15 is 0 Å². The SMILES string of the molecule is CCOC(=O)c1ccc(NC(=O)CSCc2ccc(Cl)cc2)c(C)c1. The Balaban J connectivity index is 1.85. The van der Waals surface area contributed by atoms with Crippen molar-refractivity contribution >= 4 is 40.9 Å². The summed E-state index contributed by atoms with van der Waals surface area (Å²) in [6.07, 6.45) is 0. The highest BCUT2D eigenvalue weighted by Gasteiger charge is 2.10. The zero-order valence-corrected chi connectivity index (χ0v) is 15.7. The molecule has 0 fully saturated rings. The van der Waals surface area contributed by atoms with Gasteiger partial charge >= 0.3 is 5.97 Å². The van der Waals surface area contributed by atoms with Crippen LogP contribution in [0.1, 0.15) is 28.4 Å². The molecule has 4 nitrogen and oxygen atoms in total. The highest BCUT2D eigenvalue weighted by molar-refractivity contribution is 7.99. The highest BCUT2D eigenvalue weighted by atomic mass is 35.5. The summed E-state index contributed by atoms with van der Waals surface area (Å²) < 4.78 is 4.97. The number of anilines is 1. The first-order chi connectivity index (χ1) is 12.0. The summed E-state index contributed by atoms with van der Waals surface area (Å²) >= 11 is 7.38. The predicted octanol–water partition coefficient (Wildman–Crippen LogP) is 4.70. The van der Waals surface area contributed by atoms with E-state index in [-0.39, 0.29) is 11.9 Å². The van der Waals surface area contributed by atoms with Crippen LogP contribution in [0.5, 0.6) is 0 Å². The lowest BCUT2D eigenvalue weighted by atomic mass is 10.1. The molecular formula is C19H20ClNO3S. The number of rotatable bonds is 7. The number of aryl methyl sites for hydroxylation is 1. The molecule has 0 aliphatic rings. The van der Waals surface area contributed by atoms with Gasteiger partial charge in [-0.05, 0) is 55.3 Å². The Hall–Kier alpha value is -1.98. The molecule has 0 aliphatic carbocycles. The lowest BCUT2D eigenvalue weighted by Gasteiger charge is -2.10. The molecule has 0 atom stereocenters. The van der Waals surface area contributed by atoms with Crippen LogP contribution in [-0.4, -0.2) is 24.2 Å². The molecule has 0 aliphatic heterocycles. The maximum absolute atomic E-state index is 12.1. The first kappa shape index (κ1) is 19.3. The van der Waals surface area contributed by atoms with Gasteiger partial charge < -0.3 is 10.1 Å². The summed E-state index contributed by atoms with van der Waals surface area (Å²) in [6, 6.07) is 12.7. The number of halogens is 1. The van der Waals surface area contributed by atoms with Crippen LogP contribution in [0.3, 0.4) is 0 Å². The van der Waals surface area contributed by atoms with E-state index in [4.69, 9.17) is 16.3 Å². The number of amides is 1. The van der Waals surface area contributed by atoms with E-state index in [0.717, 1.165) is 16.9 Å². The monoisotopic (exact) mass is 377 g/mol. The van der Waals surface area contributed by atoms with Gasteiger partial charge in [0.05, 0.1) is 17.9 Å². The van der Waals surface area contributed by atoms with Crippen LogP contribution >= 0.6 is 23.4 Å². The Morgan fingerprint density at radius 2 is 1.88 bits per heavy atom. The minimum atomic E-state index is -0.359. The molecule has 6 heteroatoms. The third-order valence-corrected chi connectivity index (χ3v) is 4.68. The molecule has 0 aromatic heterocycles. The third kappa shape index (κ3) is 6.11. The first-order valence-electron chi connectivity index (χ1n) is 7.89. The summed E-state index contributed by atoms with van der Waals surface area (Å²) in [5.74, 6) is 0.653. The van der Waals surface area contributed by atoms with E-state index in [1.54, 1.807) is 25.1 Å². The Morgan fingerprint density at radius 3 is 2.52 bits per heavy atom. The number of ether oxygens (including phenoxy) is 1. The number of esters is 1. The van der Waals surface area contributed by atoms with Crippen LogP contribution in [0, 0.1) is 6.92 Å². The largest absolute Gasteiger partial charge is 0.462 e. The highest BCUT2D eigenvalue weighted by Crippen LogP contribution is 2.19. The fourth-order valence-corrected chi connectivity index (χ4v) is 3.09. The van der Waals surface area contributed by atoms with E-state index in [1.807, 2.05) is 31.2 Å². The number of benzene rings is 2. The van der Waals surface area contributed by atoms with Gasteiger partial charge in [0.15, 0.2) is 0 Å². The van der Waals surface area contributed by atoms with Crippen molar-refractivity contribution < 1.29 is 14.3 Å². The molecule has 0 unspecified atom stereocenters. The summed E-state index contributed by atoms with van der Waals surface area (Å²) in [7, 11) is 0. The van der Waals surface area contributed by atoms with E-state index in [9.17, 15) is 9.59 Å². The number of carbonyl (C=O) groups is 2. The van der Waals surface area contributed by atoms with Crippen LogP contribution in [0.2, 0.25) is 5.02 Å². The van der Waals surface area contributed by atoms with E-state index < -0.39 is 0 Å². The van der Waals surface area contributed by atoms with E-state index in [2.05, 4.69) is 5.32 Å². The van der Waals surface area contributed by atoms with Gasteiger partial charge in [0.25, 0.3) is 0 Å². The average Bonchev–Trinajstić information content (AvgIpc) is 2.58. The summed E-state index contributed by atoms with van der Waals surface area (Å²) in [5.41, 5.74) is 3.12. The molecule has 2 rings (SSSR count). The zero-order chi connectivity index (χ0) is 18.2. The Labute approximate surface area is 156 Å². The smallest absolute Gasteiger partial charge is 0.338 e. The maximum atomic E-state index is 12.1. The predicted molar refractivity (Wildman–Crippen MR) is 103 cm³/mol. The van der Waals surface area contributed by atoms with Crippen molar-refractivity contribution in [2.24, 2.45) is 0 Å². The molecule has 0 radical (unpaired) electrons. The summed E-state index contributed by atoms with van der Waals surface area (Å²) in [5, 5.41) is 3.57. The maximum Gasteiger partial charge on any atom is 0.338 e. The van der Waals surface area contributed by atoms with E-state index in [0.29, 0.717) is 28.6 Å². The third-order valence-electron chi connectivity index (χ3n) is 3.43. The van der Waals surface area contributed by atoms with Crippen molar-refractivity contribution in [3.8, 4) is 0 Å². The molecule has 25 heavy (non-hydrogen) atoms. The van der Waals surface area contributed by atoms with Crippen molar-refractivity contribution in [2.45, 2.75) is 19.6 Å². The topological polar surface area (TPSA) is 55.4 Å². The second kappa shape index (κ2) is 9.49. The van der Waals surface area contributed by atoms with Crippen LogP contribution in [-0.2, 0) is 15.3 Å². The molecule has 0 heterocycles. The Morgan fingerprint density at radius 1 is 1.16 bits per heavy atom. The van der Waals surface area contributed by atoms with Gasteiger partial charge in [-0.1, -0.05) is 23.7 Å². The second-order valence-corrected chi connectivity index (χ2v) is 6.84. The van der Waals surface area contributed by atoms with Crippen LogP contribution in [0.25, 0.3) is 0 Å². The molecule has 0 saturated heterocycles. The normalized spacial score (nSPS) is 10.4. The number of thioether (sulfide) groups is 1. The van der Waals surface area contributed by atoms with Crippen LogP contribution < -0.4 is 5.32 Å². The van der Waals surface area contributed by atoms with Crippen LogP contribution in [0.15, 0.2) is 42.5 Å². The Bertz CT molecular complexity index is 747. The second-order valence-electron chi connectivity index (χ2n) is 5.42. The van der Waals surface area contributed by atoms with Gasteiger partial charge in [0.2, 0.25) is 5.91 Å². The van der Waals surface area contributed by atoms with Crippen molar-refractivity contribution in [1.82, 2.24) is 0 Å². The number of hydrogen-bond donors (Lipinski definition) is 1. The molecule has 2 aromatic rings. The van der Waals surface area contributed by atoms with Gasteiger partial charge in [0.1, 0.15) is 0 Å². The number of carbonyl (C=O) groups excluding carboxylic acids is 2. The molecule has 0 spiro atoms. The standard InChI is InChI=1S/C19H20ClNO3S/c1-3-24-19(23)15-6-9-17(13(2)10-15)21-18(22)12-25-11-14-4-7-16(20)8-5-14/h4-10H,3,11-12H2,1-2H3,(H,21,22). The van der Waals surface area contributed by atoms with Gasteiger partial charge in [-0.25, -0.2) is 4.79 Å². The number of nitrogens with one attached hydrogen (secondary N) is 1. The zero-order valence-electron chi connectivity index (χ0n) is 14.2.